The van der Waals surface area contributed by atoms with Crippen LogP contribution in [-0.4, -0.2) is 5.84 Å². The molecule has 0 aliphatic rings. The van der Waals surface area contributed by atoms with E-state index in [9.17, 15) is 0 Å². The summed E-state index contributed by atoms with van der Waals surface area (Å²) in [5.41, 5.74) is 4.82. The molecule has 0 heterocycles. The predicted octanol–water partition coefficient (Wildman–Crippen LogP) is 0.147. The van der Waals surface area contributed by atoms with E-state index >= 15 is 0 Å². The molecule has 2 heteroatoms. The molecule has 0 aliphatic heterocycles. The van der Waals surface area contributed by atoms with Gasteiger partial charge in [0.2, 0.25) is 0 Å². The van der Waals surface area contributed by atoms with Crippen molar-refractivity contribution in [1.82, 2.24) is 0 Å². The minimum absolute atomic E-state index is 0.130. The minimum atomic E-state index is 0.130. The second kappa shape index (κ2) is 1.76. The van der Waals surface area contributed by atoms with Crippen molar-refractivity contribution in [3.05, 3.63) is 6.42 Å². The number of hydrogen-bond acceptors (Lipinski definition) is 1. The lowest BCUT2D eigenvalue weighted by Crippen LogP contribution is -2.06. The molecule has 29 valence electrons. The van der Waals surface area contributed by atoms with Gasteiger partial charge in [0.05, 0.1) is 5.84 Å². The third-order valence-corrected chi connectivity index (χ3v) is 0.311. The Bertz CT molecular complexity index is 40.2. The summed E-state index contributed by atoms with van der Waals surface area (Å²) in [6.45, 7) is 1.72. The summed E-state index contributed by atoms with van der Waals surface area (Å²) in [5, 5.41) is 6.47. The van der Waals surface area contributed by atoms with Gasteiger partial charge in [-0.05, 0) is 0 Å². The van der Waals surface area contributed by atoms with Gasteiger partial charge in [-0.15, -0.1) is 0 Å². The molecule has 0 unspecified atom stereocenters. The van der Waals surface area contributed by atoms with Crippen molar-refractivity contribution in [2.45, 2.75) is 6.92 Å². The Labute approximate surface area is 31.5 Å². The summed E-state index contributed by atoms with van der Waals surface area (Å²) >= 11 is 0. The van der Waals surface area contributed by atoms with Gasteiger partial charge < -0.3 is 5.73 Å². The fourth-order valence-electron chi connectivity index (χ4n) is 0. The maximum absolute atomic E-state index is 6.47. The van der Waals surface area contributed by atoms with Crippen molar-refractivity contribution >= 4 is 5.84 Å². The molecule has 0 rings (SSSR count). The predicted molar refractivity (Wildman–Crippen MR) is 21.9 cm³/mol. The van der Waals surface area contributed by atoms with Crippen molar-refractivity contribution < 1.29 is 0 Å². The highest BCUT2D eigenvalue weighted by molar-refractivity contribution is 5.84. The second-order valence-electron chi connectivity index (χ2n) is 0.744. The van der Waals surface area contributed by atoms with Crippen LogP contribution < -0.4 is 5.73 Å². The lowest BCUT2D eigenvalue weighted by Gasteiger charge is -1.78. The summed E-state index contributed by atoms with van der Waals surface area (Å²) in [6, 6.07) is 0. The monoisotopic (exact) mass is 71.1 g/mol. The van der Waals surface area contributed by atoms with Crippen LogP contribution in [0.15, 0.2) is 0 Å². The number of nitrogens with one attached hydrogen (secondary N) is 1. The summed E-state index contributed by atoms with van der Waals surface area (Å²) in [4.78, 5) is 0. The smallest absolute Gasteiger partial charge is 0.0941 e. The average molecular weight is 71.1 g/mol. The lowest BCUT2D eigenvalue weighted by molar-refractivity contribution is 1.40. The zero-order valence-corrected chi connectivity index (χ0v) is 3.15. The number of amidine groups is 1. The molecule has 0 saturated heterocycles. The van der Waals surface area contributed by atoms with E-state index in [0.717, 1.165) is 0 Å². The van der Waals surface area contributed by atoms with Crippen LogP contribution in [0, 0.1) is 11.8 Å². The van der Waals surface area contributed by atoms with Crippen LogP contribution in [0.4, 0.5) is 0 Å². The van der Waals surface area contributed by atoms with Crippen molar-refractivity contribution in [2.24, 2.45) is 5.73 Å². The molecular weight excluding hydrogens is 64.0 g/mol. The molecule has 0 spiro atoms. The normalized spacial score (nSPS) is 7.40. The number of nitrogens with two attached hydrogens (primary N) is 1. The second-order valence-corrected chi connectivity index (χ2v) is 0.744. The molecule has 0 aromatic carbocycles. The highest BCUT2D eigenvalue weighted by Gasteiger charge is 1.71. The first kappa shape index (κ1) is 4.47. The van der Waals surface area contributed by atoms with Crippen molar-refractivity contribution in [1.29, 1.82) is 5.41 Å². The van der Waals surface area contributed by atoms with E-state index in [-0.39, 0.29) is 5.84 Å². The Morgan fingerprint density at radius 2 is 2.20 bits per heavy atom. The van der Waals surface area contributed by atoms with Crippen LogP contribution in [-0.2, 0) is 0 Å². The molecule has 0 amide bonds. The molecule has 0 aromatic rings. The third kappa shape index (κ3) is 3.47. The minimum Gasteiger partial charge on any atom is -0.387 e. The van der Waals surface area contributed by atoms with Gasteiger partial charge in [0.15, 0.2) is 0 Å². The SMILES string of the molecule is C[CH]C(=N)N. The highest BCUT2D eigenvalue weighted by Crippen LogP contribution is 1.61. The van der Waals surface area contributed by atoms with E-state index in [1.54, 1.807) is 6.92 Å². The maximum atomic E-state index is 6.47. The quantitative estimate of drug-likeness (QED) is 0.335. The molecule has 1 radical (unpaired) electrons. The topological polar surface area (TPSA) is 49.9 Å². The average Bonchev–Trinajstić information content (AvgIpc) is 1.38. The van der Waals surface area contributed by atoms with E-state index in [4.69, 9.17) is 11.1 Å². The Morgan fingerprint density at radius 1 is 2.00 bits per heavy atom. The van der Waals surface area contributed by atoms with Gasteiger partial charge in [0.25, 0.3) is 0 Å². The fraction of sp³-hybridized carbons (Fsp3) is 0.333. The summed E-state index contributed by atoms with van der Waals surface area (Å²) in [7, 11) is 0. The van der Waals surface area contributed by atoms with Gasteiger partial charge in [-0.2, -0.15) is 0 Å². The van der Waals surface area contributed by atoms with Crippen molar-refractivity contribution in [3.63, 3.8) is 0 Å². The number of rotatable bonds is 1. The molecule has 0 fully saturated rings. The zero-order valence-electron chi connectivity index (χ0n) is 3.15. The standard InChI is InChI=1S/C3H7N2/c1-2-3(4)5/h2H,1H3,(H3,4,5). The van der Waals surface area contributed by atoms with Crippen LogP contribution in [0.1, 0.15) is 6.92 Å². The number of hydrogen-bond donors (Lipinski definition) is 2. The van der Waals surface area contributed by atoms with Crippen LogP contribution in [0.25, 0.3) is 0 Å². The Kier molecular flexibility index (Phi) is 1.57. The molecular formula is C3H7N2. The maximum Gasteiger partial charge on any atom is 0.0941 e. The highest BCUT2D eigenvalue weighted by atomic mass is 14.7. The molecule has 3 N–H and O–H groups in total. The Balaban J connectivity index is 2.85. The lowest BCUT2D eigenvalue weighted by atomic mass is 10.5. The van der Waals surface area contributed by atoms with Gasteiger partial charge >= 0.3 is 0 Å². The molecule has 0 aromatic heterocycles. The Hall–Kier alpha value is -0.530. The third-order valence-electron chi connectivity index (χ3n) is 0.311. The van der Waals surface area contributed by atoms with E-state index in [2.05, 4.69) is 0 Å². The van der Waals surface area contributed by atoms with Crippen LogP contribution in [0.3, 0.4) is 0 Å². The fourth-order valence-corrected chi connectivity index (χ4v) is 0. The Morgan fingerprint density at radius 3 is 2.20 bits per heavy atom. The van der Waals surface area contributed by atoms with Crippen LogP contribution in [0.5, 0.6) is 0 Å². The van der Waals surface area contributed by atoms with Gasteiger partial charge in [-0.1, -0.05) is 6.92 Å². The zero-order chi connectivity index (χ0) is 4.28. The molecule has 5 heavy (non-hydrogen) atoms. The molecule has 0 atom stereocenters. The van der Waals surface area contributed by atoms with E-state index < -0.39 is 0 Å². The molecule has 2 nitrogen and oxygen atoms in total. The van der Waals surface area contributed by atoms with Gasteiger partial charge in [-0.25, -0.2) is 0 Å². The first-order valence-corrected chi connectivity index (χ1v) is 1.40. The van der Waals surface area contributed by atoms with E-state index in [1.807, 2.05) is 0 Å². The summed E-state index contributed by atoms with van der Waals surface area (Å²) in [5.74, 6) is 0.130. The van der Waals surface area contributed by atoms with Crippen LogP contribution in [0.2, 0.25) is 0 Å². The molecule has 0 aliphatic carbocycles. The first-order valence-electron chi connectivity index (χ1n) is 1.40. The van der Waals surface area contributed by atoms with E-state index in [0.29, 0.717) is 0 Å². The van der Waals surface area contributed by atoms with Crippen molar-refractivity contribution in [3.8, 4) is 0 Å². The van der Waals surface area contributed by atoms with Gasteiger partial charge in [0.1, 0.15) is 0 Å². The first-order chi connectivity index (χ1) is 2.27. The summed E-state index contributed by atoms with van der Waals surface area (Å²) in [6.07, 6.45) is 1.53. The van der Waals surface area contributed by atoms with Crippen LogP contribution >= 0.6 is 0 Å². The largest absolute Gasteiger partial charge is 0.387 e. The van der Waals surface area contributed by atoms with Gasteiger partial charge in [0, 0.05) is 6.42 Å². The summed E-state index contributed by atoms with van der Waals surface area (Å²) < 4.78 is 0. The van der Waals surface area contributed by atoms with Gasteiger partial charge in [-0.3, -0.25) is 5.41 Å². The van der Waals surface area contributed by atoms with E-state index in [1.165, 1.54) is 6.42 Å². The molecule has 0 saturated carbocycles. The molecule has 0 bridgehead atoms. The van der Waals surface area contributed by atoms with Crippen molar-refractivity contribution in [2.75, 3.05) is 0 Å².